The second-order valence-corrected chi connectivity index (χ2v) is 8.46. The molecule has 1 aliphatic heterocycles. The molecule has 0 spiro atoms. The smallest absolute Gasteiger partial charge is 0.223 e. The van der Waals surface area contributed by atoms with Crippen molar-refractivity contribution in [1.82, 2.24) is 9.62 Å². The number of piperidine rings is 1. The number of rotatable bonds is 9. The van der Waals surface area contributed by atoms with Gasteiger partial charge in [0.2, 0.25) is 15.9 Å². The van der Waals surface area contributed by atoms with Crippen LogP contribution in [-0.2, 0) is 26.0 Å². The zero-order valence-corrected chi connectivity index (χ0v) is 16.3. The third-order valence-corrected chi connectivity index (χ3v) is 6.45. The lowest BCUT2D eigenvalue weighted by atomic mass is 9.97. The number of ether oxygens (including phenoxy) is 2. The van der Waals surface area contributed by atoms with E-state index < -0.39 is 10.0 Å². The molecule has 0 bridgehead atoms. The normalized spacial score (nSPS) is 16.4. The monoisotopic (exact) mass is 384 g/mol. The Labute approximate surface area is 155 Å². The first kappa shape index (κ1) is 20.7. The number of nitrogens with one attached hydrogen (secondary N) is 1. The van der Waals surface area contributed by atoms with Gasteiger partial charge in [-0.2, -0.15) is 0 Å². The molecule has 1 fully saturated rings. The standard InChI is InChI=1S/C18H28N2O5S/c1-24-12-13-26(22,23)20-10-7-16(8-11-20)18(21)19-9-6-15-4-3-5-17(14-15)25-2/h3-5,14,16H,6-13H2,1-2H3,(H,19,21). The molecule has 0 unspecified atom stereocenters. The average molecular weight is 384 g/mol. The minimum Gasteiger partial charge on any atom is -0.497 e. The van der Waals surface area contributed by atoms with Gasteiger partial charge in [-0.1, -0.05) is 12.1 Å². The zero-order chi connectivity index (χ0) is 19.0. The van der Waals surface area contributed by atoms with Crippen molar-refractivity contribution in [1.29, 1.82) is 0 Å². The van der Waals surface area contributed by atoms with Gasteiger partial charge in [-0.3, -0.25) is 4.79 Å². The molecule has 0 radical (unpaired) electrons. The fourth-order valence-corrected chi connectivity index (χ4v) is 4.42. The molecule has 0 aromatic heterocycles. The summed E-state index contributed by atoms with van der Waals surface area (Å²) >= 11 is 0. The molecule has 1 saturated heterocycles. The van der Waals surface area contributed by atoms with Gasteiger partial charge in [-0.25, -0.2) is 12.7 Å². The van der Waals surface area contributed by atoms with Gasteiger partial charge in [-0.15, -0.1) is 0 Å². The van der Waals surface area contributed by atoms with Crippen LogP contribution in [0.5, 0.6) is 5.75 Å². The number of benzene rings is 1. The van der Waals surface area contributed by atoms with E-state index in [0.29, 0.717) is 32.5 Å². The molecule has 8 heteroatoms. The Bertz CT molecular complexity index is 685. The summed E-state index contributed by atoms with van der Waals surface area (Å²) in [6.07, 6.45) is 1.83. The predicted octanol–water partition coefficient (Wildman–Crippen LogP) is 1.04. The first-order chi connectivity index (χ1) is 12.5. The van der Waals surface area contributed by atoms with Crippen molar-refractivity contribution >= 4 is 15.9 Å². The second kappa shape index (κ2) is 9.89. The molecular weight excluding hydrogens is 356 g/mol. The van der Waals surface area contributed by atoms with Gasteiger partial charge in [0.1, 0.15) is 5.75 Å². The van der Waals surface area contributed by atoms with E-state index in [4.69, 9.17) is 9.47 Å². The summed E-state index contributed by atoms with van der Waals surface area (Å²) in [5, 5.41) is 2.96. The fourth-order valence-electron chi connectivity index (χ4n) is 3.02. The maximum absolute atomic E-state index is 12.3. The summed E-state index contributed by atoms with van der Waals surface area (Å²) < 4.78 is 35.8. The summed E-state index contributed by atoms with van der Waals surface area (Å²) in [6.45, 7) is 1.52. The van der Waals surface area contributed by atoms with Gasteiger partial charge in [0.15, 0.2) is 0 Å². The number of hydrogen-bond acceptors (Lipinski definition) is 5. The highest BCUT2D eigenvalue weighted by molar-refractivity contribution is 7.89. The SMILES string of the molecule is COCCS(=O)(=O)N1CCC(C(=O)NCCc2cccc(OC)c2)CC1. The van der Waals surface area contributed by atoms with E-state index in [1.54, 1.807) is 7.11 Å². The Balaban J connectivity index is 1.74. The van der Waals surface area contributed by atoms with Gasteiger partial charge >= 0.3 is 0 Å². The van der Waals surface area contributed by atoms with Crippen molar-refractivity contribution in [2.75, 3.05) is 46.2 Å². The van der Waals surface area contributed by atoms with Crippen LogP contribution in [0.15, 0.2) is 24.3 Å². The number of methoxy groups -OCH3 is 2. The molecule has 26 heavy (non-hydrogen) atoms. The fraction of sp³-hybridized carbons (Fsp3) is 0.611. The van der Waals surface area contributed by atoms with Gasteiger partial charge < -0.3 is 14.8 Å². The van der Waals surface area contributed by atoms with E-state index in [1.165, 1.54) is 11.4 Å². The quantitative estimate of drug-likeness (QED) is 0.688. The molecular formula is C18H28N2O5S. The Morgan fingerprint density at radius 1 is 1.27 bits per heavy atom. The number of sulfonamides is 1. The van der Waals surface area contributed by atoms with Crippen LogP contribution >= 0.6 is 0 Å². The van der Waals surface area contributed by atoms with Crippen LogP contribution in [0, 0.1) is 5.92 Å². The van der Waals surface area contributed by atoms with E-state index in [9.17, 15) is 13.2 Å². The Morgan fingerprint density at radius 2 is 2.00 bits per heavy atom. The number of carbonyl (C=O) groups is 1. The van der Waals surface area contributed by atoms with Gasteiger partial charge in [0.25, 0.3) is 0 Å². The topological polar surface area (TPSA) is 84.9 Å². The van der Waals surface area contributed by atoms with Crippen LogP contribution in [0.3, 0.4) is 0 Å². The minimum absolute atomic E-state index is 0.00170. The lowest BCUT2D eigenvalue weighted by Crippen LogP contribution is -2.44. The first-order valence-corrected chi connectivity index (χ1v) is 10.4. The van der Waals surface area contributed by atoms with Crippen LogP contribution in [0.1, 0.15) is 18.4 Å². The lowest BCUT2D eigenvalue weighted by Gasteiger charge is -2.30. The van der Waals surface area contributed by atoms with Crippen molar-refractivity contribution in [3.63, 3.8) is 0 Å². The molecule has 7 nitrogen and oxygen atoms in total. The van der Waals surface area contributed by atoms with Crippen LogP contribution in [0.4, 0.5) is 0 Å². The molecule has 0 saturated carbocycles. The summed E-state index contributed by atoms with van der Waals surface area (Å²) in [5.41, 5.74) is 1.10. The highest BCUT2D eigenvalue weighted by atomic mass is 32.2. The number of carbonyl (C=O) groups excluding carboxylic acids is 1. The van der Waals surface area contributed by atoms with Crippen molar-refractivity contribution < 1.29 is 22.7 Å². The van der Waals surface area contributed by atoms with E-state index in [0.717, 1.165) is 17.7 Å². The maximum Gasteiger partial charge on any atom is 0.223 e. The number of nitrogens with zero attached hydrogens (tertiary/aromatic N) is 1. The third-order valence-electron chi connectivity index (χ3n) is 4.61. The average Bonchev–Trinajstić information content (AvgIpc) is 2.66. The highest BCUT2D eigenvalue weighted by Crippen LogP contribution is 2.20. The largest absolute Gasteiger partial charge is 0.497 e. The molecule has 1 aromatic carbocycles. The zero-order valence-electron chi connectivity index (χ0n) is 15.4. The van der Waals surface area contributed by atoms with Gasteiger partial charge in [0, 0.05) is 32.7 Å². The Hall–Kier alpha value is -1.64. The Kier molecular flexibility index (Phi) is 7.86. The van der Waals surface area contributed by atoms with Crippen molar-refractivity contribution in [2.24, 2.45) is 5.92 Å². The van der Waals surface area contributed by atoms with Crippen LogP contribution < -0.4 is 10.1 Å². The van der Waals surface area contributed by atoms with Crippen molar-refractivity contribution in [2.45, 2.75) is 19.3 Å². The van der Waals surface area contributed by atoms with Gasteiger partial charge in [0.05, 0.1) is 19.5 Å². The molecule has 146 valence electrons. The molecule has 1 heterocycles. The molecule has 1 aliphatic rings. The lowest BCUT2D eigenvalue weighted by molar-refractivity contribution is -0.126. The van der Waals surface area contributed by atoms with Crippen molar-refractivity contribution in [3.8, 4) is 5.75 Å². The van der Waals surface area contributed by atoms with E-state index in [2.05, 4.69) is 5.32 Å². The number of hydrogen-bond donors (Lipinski definition) is 1. The summed E-state index contributed by atoms with van der Waals surface area (Å²) in [5.74, 6) is 0.660. The predicted molar refractivity (Wildman–Crippen MR) is 99.7 cm³/mol. The molecule has 1 amide bonds. The first-order valence-electron chi connectivity index (χ1n) is 8.83. The molecule has 0 atom stereocenters. The number of amides is 1. The van der Waals surface area contributed by atoms with E-state index >= 15 is 0 Å². The maximum atomic E-state index is 12.3. The van der Waals surface area contributed by atoms with Crippen LogP contribution in [0.2, 0.25) is 0 Å². The van der Waals surface area contributed by atoms with E-state index in [1.807, 2.05) is 24.3 Å². The summed E-state index contributed by atoms with van der Waals surface area (Å²) in [7, 11) is -0.178. The van der Waals surface area contributed by atoms with E-state index in [-0.39, 0.29) is 24.2 Å². The minimum atomic E-state index is -3.29. The molecule has 2 rings (SSSR count). The molecule has 0 aliphatic carbocycles. The highest BCUT2D eigenvalue weighted by Gasteiger charge is 2.30. The second-order valence-electron chi connectivity index (χ2n) is 6.37. The van der Waals surface area contributed by atoms with Crippen LogP contribution in [-0.4, -0.2) is 64.8 Å². The van der Waals surface area contributed by atoms with Gasteiger partial charge in [-0.05, 0) is 37.0 Å². The summed E-state index contributed by atoms with van der Waals surface area (Å²) in [4.78, 5) is 12.3. The van der Waals surface area contributed by atoms with Crippen molar-refractivity contribution in [3.05, 3.63) is 29.8 Å². The molecule has 1 aromatic rings. The summed E-state index contributed by atoms with van der Waals surface area (Å²) in [6, 6.07) is 7.76. The third kappa shape index (κ3) is 5.96. The van der Waals surface area contributed by atoms with Crippen LogP contribution in [0.25, 0.3) is 0 Å². The Morgan fingerprint density at radius 3 is 2.65 bits per heavy atom. The molecule has 1 N–H and O–H groups in total.